The van der Waals surface area contributed by atoms with E-state index in [0.29, 0.717) is 22.3 Å². The molecule has 1 aromatic carbocycles. The molecule has 0 spiro atoms. The lowest BCUT2D eigenvalue weighted by molar-refractivity contribution is 0.0696. The smallest absolute Gasteiger partial charge is 0.336 e. The lowest BCUT2D eigenvalue weighted by Gasteiger charge is -1.98. The zero-order chi connectivity index (χ0) is 11.3. The summed E-state index contributed by atoms with van der Waals surface area (Å²) in [6.07, 6.45) is 0.597. The Balaban J connectivity index is 2.99. The van der Waals surface area contributed by atoms with Crippen LogP contribution in [0.1, 0.15) is 22.3 Å². The van der Waals surface area contributed by atoms with Crippen LogP contribution >= 0.6 is 27.5 Å². The van der Waals surface area contributed by atoms with Crippen LogP contribution in [0.4, 0.5) is 0 Å². The number of rotatable bonds is 2. The highest BCUT2D eigenvalue weighted by molar-refractivity contribution is 9.10. The minimum atomic E-state index is -0.970. The number of halogens is 2. The van der Waals surface area contributed by atoms with Crippen molar-refractivity contribution in [1.29, 1.82) is 0 Å². The predicted molar refractivity (Wildman–Crippen MR) is 63.3 cm³/mol. The first-order valence-electron chi connectivity index (χ1n) is 4.23. The molecule has 0 aromatic heterocycles. The van der Waals surface area contributed by atoms with Crippen LogP contribution in [0.25, 0.3) is 0 Å². The minimum absolute atomic E-state index is 0.215. The second-order valence-electron chi connectivity index (χ2n) is 2.74. The van der Waals surface area contributed by atoms with Crippen LogP contribution < -0.4 is 0 Å². The summed E-state index contributed by atoms with van der Waals surface area (Å²) < 4.78 is 0.554. The molecule has 0 atom stereocenters. The molecular weight excluding hydrogens is 279 g/mol. The van der Waals surface area contributed by atoms with E-state index in [1.54, 1.807) is 12.1 Å². The summed E-state index contributed by atoms with van der Waals surface area (Å²) in [6, 6.07) is 4.97. The first-order valence-corrected chi connectivity index (χ1v) is 5.55. The van der Waals surface area contributed by atoms with Crippen LogP contribution in [0.5, 0.6) is 0 Å². The first kappa shape index (κ1) is 12.1. The van der Waals surface area contributed by atoms with Crippen LogP contribution in [0.3, 0.4) is 0 Å². The maximum Gasteiger partial charge on any atom is 0.336 e. The van der Waals surface area contributed by atoms with E-state index >= 15 is 0 Å². The molecule has 4 heteroatoms. The van der Waals surface area contributed by atoms with Gasteiger partial charge in [0.2, 0.25) is 0 Å². The topological polar surface area (TPSA) is 37.3 Å². The van der Waals surface area contributed by atoms with Crippen LogP contribution in [0.15, 0.2) is 22.7 Å². The lowest BCUT2D eigenvalue weighted by Crippen LogP contribution is -1.97. The van der Waals surface area contributed by atoms with E-state index in [-0.39, 0.29) is 5.56 Å². The van der Waals surface area contributed by atoms with Crippen molar-refractivity contribution in [2.75, 3.05) is 5.88 Å². The van der Waals surface area contributed by atoms with Crippen molar-refractivity contribution in [3.05, 3.63) is 33.8 Å². The Morgan fingerprint density at radius 2 is 2.27 bits per heavy atom. The molecule has 0 saturated carbocycles. The molecule has 0 aliphatic rings. The third-order valence-electron chi connectivity index (χ3n) is 1.65. The molecule has 1 N–H and O–H groups in total. The maximum atomic E-state index is 10.8. The standard InChI is InChI=1S/C11H8BrClO2/c12-10-5-4-8(3-1-2-6-13)7-9(10)11(14)15/h4-5,7H,2,6H2,(H,14,15). The van der Waals surface area contributed by atoms with Crippen LogP contribution in [0, 0.1) is 11.8 Å². The number of aromatic carboxylic acids is 1. The molecule has 78 valence electrons. The Hall–Kier alpha value is -0.980. The summed E-state index contributed by atoms with van der Waals surface area (Å²) in [7, 11) is 0. The number of hydrogen-bond donors (Lipinski definition) is 1. The Bertz CT molecular complexity index is 432. The van der Waals surface area contributed by atoms with Gasteiger partial charge in [-0.3, -0.25) is 0 Å². The zero-order valence-corrected chi connectivity index (χ0v) is 10.1. The molecule has 0 radical (unpaired) electrons. The predicted octanol–water partition coefficient (Wildman–Crippen LogP) is 3.13. The molecule has 0 aliphatic carbocycles. The molecule has 15 heavy (non-hydrogen) atoms. The van der Waals surface area contributed by atoms with Gasteiger partial charge in [0.15, 0.2) is 0 Å². The highest BCUT2D eigenvalue weighted by Crippen LogP contribution is 2.17. The largest absolute Gasteiger partial charge is 0.478 e. The lowest BCUT2D eigenvalue weighted by atomic mass is 10.1. The van der Waals surface area contributed by atoms with Crippen molar-refractivity contribution in [2.45, 2.75) is 6.42 Å². The molecule has 0 bridgehead atoms. The van der Waals surface area contributed by atoms with Crippen LogP contribution in [-0.2, 0) is 0 Å². The number of carboxylic acids is 1. The zero-order valence-electron chi connectivity index (χ0n) is 7.76. The third kappa shape index (κ3) is 3.58. The Morgan fingerprint density at radius 1 is 1.53 bits per heavy atom. The summed E-state index contributed by atoms with van der Waals surface area (Å²) in [5.74, 6) is 5.21. The van der Waals surface area contributed by atoms with E-state index in [4.69, 9.17) is 16.7 Å². The summed E-state index contributed by atoms with van der Waals surface area (Å²) in [4.78, 5) is 10.8. The van der Waals surface area contributed by atoms with E-state index in [0.717, 1.165) is 0 Å². The highest BCUT2D eigenvalue weighted by Gasteiger charge is 2.07. The van der Waals surface area contributed by atoms with Crippen molar-refractivity contribution < 1.29 is 9.90 Å². The number of carboxylic acid groups (broad SMARTS) is 1. The average molecular weight is 288 g/mol. The second kappa shape index (κ2) is 5.79. The van der Waals surface area contributed by atoms with Gasteiger partial charge in [0, 0.05) is 22.3 Å². The fraction of sp³-hybridized carbons (Fsp3) is 0.182. The summed E-state index contributed by atoms with van der Waals surface area (Å²) >= 11 is 8.63. The van der Waals surface area contributed by atoms with Gasteiger partial charge in [0.25, 0.3) is 0 Å². The van der Waals surface area contributed by atoms with Crippen molar-refractivity contribution in [1.82, 2.24) is 0 Å². The monoisotopic (exact) mass is 286 g/mol. The number of benzene rings is 1. The molecule has 1 rings (SSSR count). The van der Waals surface area contributed by atoms with E-state index in [2.05, 4.69) is 27.8 Å². The quantitative estimate of drug-likeness (QED) is 0.670. The highest BCUT2D eigenvalue weighted by atomic mass is 79.9. The molecule has 0 amide bonds. The fourth-order valence-corrected chi connectivity index (χ4v) is 1.49. The summed E-state index contributed by atoms with van der Waals surface area (Å²) in [5, 5.41) is 8.86. The third-order valence-corrected chi connectivity index (χ3v) is 2.53. The number of carbonyl (C=O) groups is 1. The van der Waals surface area contributed by atoms with E-state index in [1.165, 1.54) is 6.07 Å². The van der Waals surface area contributed by atoms with Gasteiger partial charge in [-0.1, -0.05) is 11.8 Å². The van der Waals surface area contributed by atoms with E-state index in [9.17, 15) is 4.79 Å². The van der Waals surface area contributed by atoms with Gasteiger partial charge in [0.1, 0.15) is 0 Å². The average Bonchev–Trinajstić information content (AvgIpc) is 2.20. The van der Waals surface area contributed by atoms with Gasteiger partial charge >= 0.3 is 5.97 Å². The first-order chi connectivity index (χ1) is 7.15. The molecule has 1 aromatic rings. The molecule has 0 aliphatic heterocycles. The van der Waals surface area contributed by atoms with Crippen molar-refractivity contribution in [2.24, 2.45) is 0 Å². The van der Waals surface area contributed by atoms with E-state index < -0.39 is 5.97 Å². The van der Waals surface area contributed by atoms with Crippen molar-refractivity contribution in [3.8, 4) is 11.8 Å². The van der Waals surface area contributed by atoms with Gasteiger partial charge in [-0.05, 0) is 34.1 Å². The van der Waals surface area contributed by atoms with Crippen LogP contribution in [0.2, 0.25) is 0 Å². The maximum absolute atomic E-state index is 10.8. The summed E-state index contributed by atoms with van der Waals surface area (Å²) in [5.41, 5.74) is 0.897. The van der Waals surface area contributed by atoms with Crippen molar-refractivity contribution >= 4 is 33.5 Å². The Kier molecular flexibility index (Phi) is 4.67. The van der Waals surface area contributed by atoms with Crippen molar-refractivity contribution in [3.63, 3.8) is 0 Å². The number of hydrogen-bond acceptors (Lipinski definition) is 1. The molecule has 0 heterocycles. The summed E-state index contributed by atoms with van der Waals surface area (Å²) in [6.45, 7) is 0. The van der Waals surface area contributed by atoms with E-state index in [1.807, 2.05) is 0 Å². The Labute approximate surface area is 101 Å². The van der Waals surface area contributed by atoms with Gasteiger partial charge in [-0.25, -0.2) is 4.79 Å². The molecule has 2 nitrogen and oxygen atoms in total. The minimum Gasteiger partial charge on any atom is -0.478 e. The molecule has 0 unspecified atom stereocenters. The fourth-order valence-electron chi connectivity index (χ4n) is 0.979. The normalized spacial score (nSPS) is 9.20. The van der Waals surface area contributed by atoms with Gasteiger partial charge in [-0.15, -0.1) is 11.6 Å². The second-order valence-corrected chi connectivity index (χ2v) is 3.97. The Morgan fingerprint density at radius 3 is 2.87 bits per heavy atom. The molecular formula is C11H8BrClO2. The SMILES string of the molecule is O=C(O)c1cc(C#CCCCl)ccc1Br. The van der Waals surface area contributed by atoms with Gasteiger partial charge in [-0.2, -0.15) is 0 Å². The van der Waals surface area contributed by atoms with Gasteiger partial charge in [0.05, 0.1) is 5.56 Å². The van der Waals surface area contributed by atoms with Gasteiger partial charge < -0.3 is 5.11 Å². The molecule has 0 saturated heterocycles. The number of alkyl halides is 1. The van der Waals surface area contributed by atoms with Crippen LogP contribution in [-0.4, -0.2) is 17.0 Å². The molecule has 0 fully saturated rings.